The van der Waals surface area contributed by atoms with Crippen LogP contribution in [-0.4, -0.2) is 6.54 Å². The Morgan fingerprint density at radius 3 is 2.09 bits per heavy atom. The Labute approximate surface area is 146 Å². The van der Waals surface area contributed by atoms with Gasteiger partial charge in [-0.25, -0.2) is 0 Å². The molecule has 0 bridgehead atoms. The minimum absolute atomic E-state index is 0.884. The van der Waals surface area contributed by atoms with Crippen molar-refractivity contribution in [3.63, 3.8) is 0 Å². The predicted molar refractivity (Wildman–Crippen MR) is 110 cm³/mol. The van der Waals surface area contributed by atoms with Crippen LogP contribution in [0.5, 0.6) is 0 Å². The first-order valence-electron chi connectivity index (χ1n) is 8.97. The first-order chi connectivity index (χ1) is 11.3. The van der Waals surface area contributed by atoms with Gasteiger partial charge in [0.2, 0.25) is 0 Å². The van der Waals surface area contributed by atoms with Gasteiger partial charge in [-0.15, -0.1) is 0 Å². The van der Waals surface area contributed by atoms with Crippen LogP contribution in [0.3, 0.4) is 0 Å². The summed E-state index contributed by atoms with van der Waals surface area (Å²) in [5.74, 6) is 0. The Morgan fingerprint density at radius 2 is 1.61 bits per heavy atom. The summed E-state index contributed by atoms with van der Waals surface area (Å²) in [6.07, 6.45) is 7.96. The van der Waals surface area contributed by atoms with E-state index in [0.717, 1.165) is 13.1 Å². The lowest BCUT2D eigenvalue weighted by atomic mass is 10.1. The number of hydrogen-bond acceptors (Lipinski definition) is 1. The number of aryl methyl sites for hydroxylation is 1. The van der Waals surface area contributed by atoms with E-state index in [-0.39, 0.29) is 0 Å². The average molecular weight is 318 g/mol. The summed E-state index contributed by atoms with van der Waals surface area (Å²) in [7, 11) is 0. The maximum absolute atomic E-state index is 3.67. The molecule has 1 nitrogen and oxygen atoms in total. The molecule has 1 heteroatoms. The van der Waals surface area contributed by atoms with Crippen LogP contribution in [0, 0.1) is 6.92 Å². The lowest BCUT2D eigenvalue weighted by molar-refractivity contribution is 0.743. The highest BCUT2D eigenvalue weighted by Crippen LogP contribution is 2.06. The smallest absolute Gasteiger partial charge is 0.0211 e. The topological polar surface area (TPSA) is 12.0 Å². The van der Waals surface area contributed by atoms with Crippen LogP contribution in [0.2, 0.25) is 0 Å². The van der Waals surface area contributed by atoms with E-state index in [9.17, 15) is 0 Å². The average Bonchev–Trinajstić information content (AvgIpc) is 2.64. The van der Waals surface area contributed by atoms with Gasteiger partial charge in [0.05, 0.1) is 0 Å². The normalized spacial score (nSPS) is 9.65. The van der Waals surface area contributed by atoms with E-state index in [2.05, 4.69) is 62.2 Å². The summed E-state index contributed by atoms with van der Waals surface area (Å²) in [6, 6.07) is 8.46. The van der Waals surface area contributed by atoms with E-state index in [0.29, 0.717) is 0 Å². The molecule has 0 saturated heterocycles. The van der Waals surface area contributed by atoms with E-state index in [1.54, 1.807) is 6.08 Å². The maximum atomic E-state index is 3.67. The van der Waals surface area contributed by atoms with Gasteiger partial charge in [-0.1, -0.05) is 96.7 Å². The molecule has 1 rings (SSSR count). The van der Waals surface area contributed by atoms with Gasteiger partial charge in [-0.2, -0.15) is 0 Å². The minimum Gasteiger partial charge on any atom is -0.309 e. The van der Waals surface area contributed by atoms with Crippen molar-refractivity contribution in [2.75, 3.05) is 6.54 Å². The number of benzene rings is 1. The molecule has 0 aromatic heterocycles. The first kappa shape index (κ1) is 26.3. The predicted octanol–water partition coefficient (Wildman–Crippen LogP) is 6.85. The van der Waals surface area contributed by atoms with Crippen molar-refractivity contribution >= 4 is 0 Å². The van der Waals surface area contributed by atoms with Gasteiger partial charge in [0.15, 0.2) is 0 Å². The molecule has 1 N–H and O–H groups in total. The lowest BCUT2D eigenvalue weighted by Gasteiger charge is -2.08. The SMILES string of the molecule is C=C/C=C\C(=C/C)CNCc1ccccc1C.CC.CC.CC. The summed E-state index contributed by atoms with van der Waals surface area (Å²) in [5.41, 5.74) is 3.97. The molecule has 0 atom stereocenters. The molecule has 0 spiro atoms. The molecule has 0 aliphatic heterocycles. The fourth-order valence-electron chi connectivity index (χ4n) is 1.60. The second-order valence-electron chi connectivity index (χ2n) is 3.99. The van der Waals surface area contributed by atoms with Crippen LogP contribution in [0.4, 0.5) is 0 Å². The second kappa shape index (κ2) is 22.7. The van der Waals surface area contributed by atoms with Crippen LogP contribution in [0.25, 0.3) is 0 Å². The summed E-state index contributed by atoms with van der Waals surface area (Å²) in [5, 5.41) is 3.45. The van der Waals surface area contributed by atoms with Crippen molar-refractivity contribution in [3.8, 4) is 0 Å². The number of hydrogen-bond donors (Lipinski definition) is 1. The highest BCUT2D eigenvalue weighted by molar-refractivity contribution is 5.26. The second-order valence-corrected chi connectivity index (χ2v) is 3.99. The minimum atomic E-state index is 0.884. The van der Waals surface area contributed by atoms with Crippen molar-refractivity contribution in [3.05, 3.63) is 71.8 Å². The Hall–Kier alpha value is -1.60. The van der Waals surface area contributed by atoms with Gasteiger partial charge in [-0.05, 0) is 30.5 Å². The van der Waals surface area contributed by atoms with Crippen molar-refractivity contribution in [1.29, 1.82) is 0 Å². The van der Waals surface area contributed by atoms with E-state index in [1.165, 1.54) is 16.7 Å². The number of rotatable bonds is 6. The number of nitrogens with one attached hydrogen (secondary N) is 1. The highest BCUT2D eigenvalue weighted by Gasteiger charge is 1.96. The van der Waals surface area contributed by atoms with Crippen LogP contribution < -0.4 is 5.32 Å². The Kier molecular flexibility index (Phi) is 25.9. The van der Waals surface area contributed by atoms with Crippen LogP contribution in [-0.2, 0) is 6.54 Å². The monoisotopic (exact) mass is 317 g/mol. The Bertz CT molecular complexity index is 414. The molecule has 23 heavy (non-hydrogen) atoms. The molecule has 0 fully saturated rings. The molecule has 0 aliphatic rings. The number of allylic oxidation sites excluding steroid dienone is 3. The molecular weight excluding hydrogens is 278 g/mol. The zero-order valence-corrected chi connectivity index (χ0v) is 16.7. The van der Waals surface area contributed by atoms with Gasteiger partial charge >= 0.3 is 0 Å². The van der Waals surface area contributed by atoms with Crippen LogP contribution in [0.1, 0.15) is 59.6 Å². The standard InChI is InChI=1S/C16H21N.3C2H6/c1-4-6-10-15(5-2)12-17-13-16-11-8-7-9-14(16)3;3*1-2/h4-11,17H,1,12-13H2,2-3H3;3*1-2H3/b10-6-,15-5+;;;. The third kappa shape index (κ3) is 15.1. The molecule has 0 heterocycles. The maximum Gasteiger partial charge on any atom is 0.0211 e. The van der Waals surface area contributed by atoms with Gasteiger partial charge in [-0.3, -0.25) is 0 Å². The fourth-order valence-corrected chi connectivity index (χ4v) is 1.60. The summed E-state index contributed by atoms with van der Waals surface area (Å²) in [4.78, 5) is 0. The molecule has 1 aromatic rings. The van der Waals surface area contributed by atoms with Gasteiger partial charge in [0.25, 0.3) is 0 Å². The summed E-state index contributed by atoms with van der Waals surface area (Å²) >= 11 is 0. The third-order valence-electron chi connectivity index (χ3n) is 2.72. The molecule has 0 unspecified atom stereocenters. The third-order valence-corrected chi connectivity index (χ3v) is 2.72. The molecule has 0 radical (unpaired) electrons. The van der Waals surface area contributed by atoms with Gasteiger partial charge in [0.1, 0.15) is 0 Å². The Morgan fingerprint density at radius 1 is 1.04 bits per heavy atom. The van der Waals surface area contributed by atoms with Crippen molar-refractivity contribution in [2.24, 2.45) is 0 Å². The quantitative estimate of drug-likeness (QED) is 0.566. The molecule has 0 saturated carbocycles. The van der Waals surface area contributed by atoms with Gasteiger partial charge < -0.3 is 5.32 Å². The van der Waals surface area contributed by atoms with Crippen LogP contribution in [0.15, 0.2) is 60.7 Å². The fraction of sp³-hybridized carbons (Fsp3) is 0.455. The summed E-state index contributed by atoms with van der Waals surface area (Å²) in [6.45, 7) is 21.7. The van der Waals surface area contributed by atoms with E-state index < -0.39 is 0 Å². The van der Waals surface area contributed by atoms with E-state index in [4.69, 9.17) is 0 Å². The lowest BCUT2D eigenvalue weighted by Crippen LogP contribution is -2.16. The van der Waals surface area contributed by atoms with Gasteiger partial charge in [0, 0.05) is 13.1 Å². The summed E-state index contributed by atoms with van der Waals surface area (Å²) < 4.78 is 0. The molecule has 132 valence electrons. The van der Waals surface area contributed by atoms with E-state index in [1.807, 2.05) is 47.6 Å². The molecule has 0 aliphatic carbocycles. The molecular formula is C22H39N. The zero-order chi connectivity index (χ0) is 18.5. The highest BCUT2D eigenvalue weighted by atomic mass is 14.8. The van der Waals surface area contributed by atoms with E-state index >= 15 is 0 Å². The zero-order valence-electron chi connectivity index (χ0n) is 16.7. The molecule has 1 aromatic carbocycles. The van der Waals surface area contributed by atoms with Crippen LogP contribution >= 0.6 is 0 Å². The van der Waals surface area contributed by atoms with Crippen molar-refractivity contribution in [1.82, 2.24) is 5.32 Å². The molecule has 0 amide bonds. The Balaban J connectivity index is -0.000000595. The van der Waals surface area contributed by atoms with Crippen molar-refractivity contribution < 1.29 is 0 Å². The first-order valence-corrected chi connectivity index (χ1v) is 8.97. The van der Waals surface area contributed by atoms with Crippen molar-refractivity contribution in [2.45, 2.75) is 61.9 Å². The largest absolute Gasteiger partial charge is 0.309 e.